The van der Waals surface area contributed by atoms with Crippen LogP contribution in [0.5, 0.6) is 0 Å². The molecule has 0 spiro atoms. The molecule has 5 nitrogen and oxygen atoms in total. The Bertz CT molecular complexity index is 1130. The molecule has 3 aromatic rings. The molecule has 0 fully saturated rings. The van der Waals surface area contributed by atoms with Gasteiger partial charge in [-0.2, -0.15) is 13.2 Å². The molecule has 0 aliphatic carbocycles. The summed E-state index contributed by atoms with van der Waals surface area (Å²) in [6.45, 7) is 3.81. The van der Waals surface area contributed by atoms with Gasteiger partial charge in [-0.25, -0.2) is 4.98 Å². The first-order valence-electron chi connectivity index (χ1n) is 9.32. The lowest BCUT2D eigenvalue weighted by molar-refractivity contribution is -0.137. The van der Waals surface area contributed by atoms with E-state index in [-0.39, 0.29) is 23.0 Å². The molecule has 1 atom stereocenters. The molecule has 3 rings (SSSR count). The molecule has 2 aromatic carbocycles. The van der Waals surface area contributed by atoms with Crippen LogP contribution in [0.4, 0.5) is 18.9 Å². The van der Waals surface area contributed by atoms with Gasteiger partial charge in [0.2, 0.25) is 5.91 Å². The second-order valence-corrected chi connectivity index (χ2v) is 7.67. The third kappa shape index (κ3) is 4.67. The van der Waals surface area contributed by atoms with Gasteiger partial charge in [-0.15, -0.1) is 0 Å². The van der Waals surface area contributed by atoms with Crippen LogP contribution in [0.15, 0.2) is 58.5 Å². The fourth-order valence-electron chi connectivity index (χ4n) is 2.95. The smallest absolute Gasteiger partial charge is 0.325 e. The van der Waals surface area contributed by atoms with E-state index in [4.69, 9.17) is 0 Å². The maximum absolute atomic E-state index is 13.1. The zero-order chi connectivity index (χ0) is 21.9. The van der Waals surface area contributed by atoms with Crippen molar-refractivity contribution in [2.24, 2.45) is 0 Å². The molecule has 158 valence electrons. The summed E-state index contributed by atoms with van der Waals surface area (Å²) < 4.78 is 40.9. The number of hydrogen-bond donors (Lipinski definition) is 1. The lowest BCUT2D eigenvalue weighted by atomic mass is 10.1. The first-order valence-corrected chi connectivity index (χ1v) is 10.3. The maximum atomic E-state index is 13.1. The summed E-state index contributed by atoms with van der Waals surface area (Å²) in [6, 6.07) is 11.6. The average Bonchev–Trinajstić information content (AvgIpc) is 2.71. The van der Waals surface area contributed by atoms with Gasteiger partial charge in [0.05, 0.1) is 27.9 Å². The third-order valence-electron chi connectivity index (χ3n) is 4.65. The summed E-state index contributed by atoms with van der Waals surface area (Å²) in [7, 11) is 0. The second kappa shape index (κ2) is 8.91. The molecule has 0 aliphatic heterocycles. The first kappa shape index (κ1) is 21.9. The molecule has 0 saturated carbocycles. The highest BCUT2D eigenvalue weighted by atomic mass is 32.2. The van der Waals surface area contributed by atoms with E-state index in [0.29, 0.717) is 22.5 Å². The number of fused-ring (bicyclic) bond motifs is 1. The summed E-state index contributed by atoms with van der Waals surface area (Å²) in [6.07, 6.45) is -3.90. The van der Waals surface area contributed by atoms with Crippen LogP contribution in [0.3, 0.4) is 0 Å². The lowest BCUT2D eigenvalue weighted by Crippen LogP contribution is -2.26. The van der Waals surface area contributed by atoms with Crippen LogP contribution in [0.25, 0.3) is 10.9 Å². The fraction of sp³-hybridized carbons (Fsp3) is 0.286. The van der Waals surface area contributed by atoms with E-state index in [1.54, 1.807) is 24.3 Å². The van der Waals surface area contributed by atoms with Crippen molar-refractivity contribution in [3.05, 3.63) is 64.4 Å². The van der Waals surface area contributed by atoms with Crippen molar-refractivity contribution in [1.29, 1.82) is 0 Å². The number of anilines is 1. The zero-order valence-corrected chi connectivity index (χ0v) is 17.2. The van der Waals surface area contributed by atoms with Crippen LogP contribution >= 0.6 is 11.8 Å². The van der Waals surface area contributed by atoms with E-state index in [1.165, 1.54) is 22.8 Å². The number of nitrogens with one attached hydrogen (secondary N) is 1. The van der Waals surface area contributed by atoms with Crippen LogP contribution in [0.1, 0.15) is 31.9 Å². The molecule has 0 aliphatic rings. The number of rotatable bonds is 6. The van der Waals surface area contributed by atoms with Crippen molar-refractivity contribution >= 4 is 34.3 Å². The second-order valence-electron chi connectivity index (χ2n) is 6.72. The van der Waals surface area contributed by atoms with Crippen LogP contribution in [0.2, 0.25) is 0 Å². The molecule has 9 heteroatoms. The molecule has 0 radical (unpaired) electrons. The topological polar surface area (TPSA) is 64.0 Å². The summed E-state index contributed by atoms with van der Waals surface area (Å²) in [5.41, 5.74) is -0.919. The van der Waals surface area contributed by atoms with Crippen molar-refractivity contribution in [2.75, 3.05) is 11.1 Å². The summed E-state index contributed by atoms with van der Waals surface area (Å²) in [5.74, 6) is -0.803. The molecule has 0 saturated heterocycles. The Morgan fingerprint density at radius 2 is 1.83 bits per heavy atom. The molecule has 1 heterocycles. The molecule has 0 unspecified atom stereocenters. The van der Waals surface area contributed by atoms with Gasteiger partial charge in [0.15, 0.2) is 5.16 Å². The molecular formula is C21H20F3N3O2S. The normalized spacial score (nSPS) is 12.7. The molecule has 1 aromatic heterocycles. The third-order valence-corrected chi connectivity index (χ3v) is 5.60. The largest absolute Gasteiger partial charge is 0.418 e. The average molecular weight is 435 g/mol. The van der Waals surface area contributed by atoms with Gasteiger partial charge in [-0.3, -0.25) is 14.2 Å². The molecular weight excluding hydrogens is 415 g/mol. The highest BCUT2D eigenvalue weighted by Gasteiger charge is 2.33. The Morgan fingerprint density at radius 3 is 2.53 bits per heavy atom. The van der Waals surface area contributed by atoms with E-state index >= 15 is 0 Å². The van der Waals surface area contributed by atoms with Crippen molar-refractivity contribution in [3.63, 3.8) is 0 Å². The summed E-state index contributed by atoms with van der Waals surface area (Å²) in [4.78, 5) is 29.8. The lowest BCUT2D eigenvalue weighted by Gasteiger charge is -2.18. The minimum absolute atomic E-state index is 0.147. The number of nitrogens with zero attached hydrogens (tertiary/aromatic N) is 2. The van der Waals surface area contributed by atoms with Gasteiger partial charge in [-0.1, -0.05) is 43.0 Å². The van der Waals surface area contributed by atoms with Crippen molar-refractivity contribution in [1.82, 2.24) is 9.55 Å². The van der Waals surface area contributed by atoms with Gasteiger partial charge < -0.3 is 5.32 Å². The molecule has 1 amide bonds. The Hall–Kier alpha value is -2.81. The number of thioether (sulfide) groups is 1. The maximum Gasteiger partial charge on any atom is 0.418 e. The van der Waals surface area contributed by atoms with E-state index in [9.17, 15) is 22.8 Å². The number of halogens is 3. The van der Waals surface area contributed by atoms with Crippen molar-refractivity contribution in [3.8, 4) is 0 Å². The Labute approximate surface area is 175 Å². The minimum Gasteiger partial charge on any atom is -0.325 e. The number of benzene rings is 2. The van der Waals surface area contributed by atoms with Gasteiger partial charge in [0, 0.05) is 6.04 Å². The predicted molar refractivity (Wildman–Crippen MR) is 112 cm³/mol. The molecule has 1 N–H and O–H groups in total. The first-order chi connectivity index (χ1) is 14.2. The Balaban J connectivity index is 1.86. The van der Waals surface area contributed by atoms with E-state index in [1.807, 2.05) is 13.8 Å². The Morgan fingerprint density at radius 1 is 1.17 bits per heavy atom. The van der Waals surface area contributed by atoms with Gasteiger partial charge in [0.25, 0.3) is 5.56 Å². The zero-order valence-electron chi connectivity index (χ0n) is 16.4. The van der Waals surface area contributed by atoms with E-state index < -0.39 is 17.6 Å². The number of carbonyl (C=O) groups is 1. The summed E-state index contributed by atoms with van der Waals surface area (Å²) >= 11 is 1.02. The highest BCUT2D eigenvalue weighted by Crippen LogP contribution is 2.34. The highest BCUT2D eigenvalue weighted by molar-refractivity contribution is 7.99. The van der Waals surface area contributed by atoms with Crippen LogP contribution in [-0.4, -0.2) is 21.2 Å². The van der Waals surface area contributed by atoms with Gasteiger partial charge >= 0.3 is 6.18 Å². The van der Waals surface area contributed by atoms with Gasteiger partial charge in [-0.05, 0) is 37.6 Å². The van der Waals surface area contributed by atoms with Crippen LogP contribution < -0.4 is 10.9 Å². The van der Waals surface area contributed by atoms with Crippen LogP contribution in [0, 0.1) is 0 Å². The van der Waals surface area contributed by atoms with E-state index in [2.05, 4.69) is 10.3 Å². The fourth-order valence-corrected chi connectivity index (χ4v) is 3.85. The minimum atomic E-state index is -4.58. The number of alkyl halides is 3. The molecule has 30 heavy (non-hydrogen) atoms. The molecule has 0 bridgehead atoms. The van der Waals surface area contributed by atoms with Crippen molar-refractivity contribution in [2.45, 2.75) is 37.6 Å². The van der Waals surface area contributed by atoms with Crippen LogP contribution in [-0.2, 0) is 11.0 Å². The monoisotopic (exact) mass is 435 g/mol. The predicted octanol–water partition coefficient (Wildman–Crippen LogP) is 5.12. The SMILES string of the molecule is CC[C@H](C)n1c(SCC(=O)Nc2ccccc2C(F)(F)F)nc2ccccc2c1=O. The standard InChI is InChI=1S/C21H20F3N3O2S/c1-3-13(2)27-19(29)14-8-4-6-10-16(14)26-20(27)30-12-18(28)25-17-11-7-5-9-15(17)21(22,23)24/h4-11,13H,3,12H2,1-2H3,(H,25,28)/t13-/m0/s1. The summed E-state index contributed by atoms with van der Waals surface area (Å²) in [5, 5.41) is 3.14. The van der Waals surface area contributed by atoms with Gasteiger partial charge in [0.1, 0.15) is 0 Å². The number of aromatic nitrogens is 2. The Kier molecular flexibility index (Phi) is 6.50. The van der Waals surface area contributed by atoms with Crippen molar-refractivity contribution < 1.29 is 18.0 Å². The number of hydrogen-bond acceptors (Lipinski definition) is 4. The number of carbonyl (C=O) groups excluding carboxylic acids is 1. The quantitative estimate of drug-likeness (QED) is 0.431. The number of para-hydroxylation sites is 2. The number of amides is 1. The van der Waals surface area contributed by atoms with E-state index in [0.717, 1.165) is 17.8 Å².